The molecule has 0 fully saturated rings. The molecule has 4 aromatic rings. The molecule has 10 nitrogen and oxygen atoms in total. The van der Waals surface area contributed by atoms with Crippen molar-refractivity contribution in [3.05, 3.63) is 69.9 Å². The van der Waals surface area contributed by atoms with Gasteiger partial charge in [-0.25, -0.2) is 0 Å². The molecular weight excluding hydrogens is 508 g/mol. The number of aliphatic hydroxyl groups is 1. The first-order chi connectivity index (χ1) is 18.7. The van der Waals surface area contributed by atoms with E-state index in [1.54, 1.807) is 24.3 Å². The molecule has 0 bridgehead atoms. The smallest absolute Gasteiger partial charge is 0.197 e. The lowest BCUT2D eigenvalue weighted by Crippen LogP contribution is -2.22. The van der Waals surface area contributed by atoms with Crippen molar-refractivity contribution in [3.63, 3.8) is 0 Å². The predicted molar refractivity (Wildman–Crippen MR) is 143 cm³/mol. The molecule has 1 heterocycles. The van der Waals surface area contributed by atoms with Gasteiger partial charge in [-0.2, -0.15) is 0 Å². The van der Waals surface area contributed by atoms with E-state index in [0.29, 0.717) is 28.2 Å². The Morgan fingerprint density at radius 2 is 1.49 bits per heavy atom. The maximum atomic E-state index is 12.7. The van der Waals surface area contributed by atoms with Crippen molar-refractivity contribution in [2.75, 3.05) is 35.0 Å². The molecule has 39 heavy (non-hydrogen) atoms. The van der Waals surface area contributed by atoms with E-state index in [1.807, 2.05) is 0 Å². The van der Waals surface area contributed by atoms with Crippen LogP contribution in [-0.4, -0.2) is 55.5 Å². The first-order valence-corrected chi connectivity index (χ1v) is 12.0. The number of rotatable bonds is 10. The van der Waals surface area contributed by atoms with E-state index in [0.717, 1.165) is 6.07 Å². The molecule has 4 N–H and O–H groups in total. The SMILES string of the molecule is COc1cc(C(OC)[C@H](CO)Cc2c(OC)cc(-c3cc(=O)c4c(O)cc(O)cc4o3)cc2OC)ccc1O. The van der Waals surface area contributed by atoms with Crippen LogP contribution < -0.4 is 19.6 Å². The molecule has 4 rings (SSSR count). The average Bonchev–Trinajstić information content (AvgIpc) is 2.92. The summed E-state index contributed by atoms with van der Waals surface area (Å²) in [5.41, 5.74) is 1.34. The molecule has 3 aromatic carbocycles. The molecule has 10 heteroatoms. The van der Waals surface area contributed by atoms with Crippen molar-refractivity contribution >= 4 is 11.0 Å². The number of methoxy groups -OCH3 is 4. The second-order valence-corrected chi connectivity index (χ2v) is 8.91. The molecule has 206 valence electrons. The second-order valence-electron chi connectivity index (χ2n) is 8.91. The van der Waals surface area contributed by atoms with Gasteiger partial charge in [0, 0.05) is 49.0 Å². The van der Waals surface area contributed by atoms with Gasteiger partial charge in [0.2, 0.25) is 0 Å². The minimum atomic E-state index is -0.558. The van der Waals surface area contributed by atoms with Crippen LogP contribution >= 0.6 is 0 Å². The lowest BCUT2D eigenvalue weighted by molar-refractivity contribution is 0.0244. The zero-order valence-corrected chi connectivity index (χ0v) is 21.9. The highest BCUT2D eigenvalue weighted by molar-refractivity contribution is 5.86. The third-order valence-corrected chi connectivity index (χ3v) is 6.60. The van der Waals surface area contributed by atoms with E-state index in [2.05, 4.69) is 0 Å². The molecule has 0 radical (unpaired) electrons. The Balaban J connectivity index is 1.76. The van der Waals surface area contributed by atoms with Crippen LogP contribution in [0.15, 0.2) is 57.7 Å². The minimum Gasteiger partial charge on any atom is -0.508 e. The second kappa shape index (κ2) is 11.5. The zero-order valence-electron chi connectivity index (χ0n) is 21.9. The molecule has 0 amide bonds. The standard InChI is InChI=1S/C29H30O10/c1-35-24-9-16(23-13-22(34)28-21(33)11-18(31)12-27(28)39-23)10-25(36-2)19(24)7-17(14-30)29(38-4)15-5-6-20(32)26(8-15)37-3/h5-6,8-13,17,29-33H,7,14H2,1-4H3/t17-,29?/m0/s1. The van der Waals surface area contributed by atoms with Crippen LogP contribution in [0.4, 0.5) is 0 Å². The number of benzene rings is 3. The Kier molecular flexibility index (Phi) is 8.18. The maximum absolute atomic E-state index is 12.7. The molecule has 0 saturated carbocycles. The van der Waals surface area contributed by atoms with E-state index in [1.165, 1.54) is 46.6 Å². The normalized spacial score (nSPS) is 12.7. The molecule has 1 aromatic heterocycles. The van der Waals surface area contributed by atoms with Gasteiger partial charge in [-0.15, -0.1) is 0 Å². The number of phenols is 3. The average molecular weight is 539 g/mol. The molecule has 2 atom stereocenters. The van der Waals surface area contributed by atoms with E-state index in [-0.39, 0.29) is 52.8 Å². The summed E-state index contributed by atoms with van der Waals surface area (Å²) in [4.78, 5) is 12.7. The molecule has 0 aliphatic carbocycles. The Bertz CT molecular complexity index is 1520. The van der Waals surface area contributed by atoms with Crippen molar-refractivity contribution in [1.29, 1.82) is 0 Å². The first-order valence-electron chi connectivity index (χ1n) is 12.0. The van der Waals surface area contributed by atoms with Gasteiger partial charge in [-0.1, -0.05) is 6.07 Å². The van der Waals surface area contributed by atoms with Gasteiger partial charge in [0.1, 0.15) is 39.7 Å². The molecule has 0 aliphatic heterocycles. The van der Waals surface area contributed by atoms with Gasteiger partial charge >= 0.3 is 0 Å². The number of ether oxygens (including phenoxy) is 4. The van der Waals surface area contributed by atoms with Gasteiger partial charge in [0.25, 0.3) is 0 Å². The highest BCUT2D eigenvalue weighted by atomic mass is 16.5. The van der Waals surface area contributed by atoms with Crippen LogP contribution in [0.25, 0.3) is 22.3 Å². The zero-order chi connectivity index (χ0) is 28.3. The molecule has 1 unspecified atom stereocenters. The number of aliphatic hydroxyl groups excluding tert-OH is 1. The highest BCUT2D eigenvalue weighted by Crippen LogP contribution is 2.41. The lowest BCUT2D eigenvalue weighted by atomic mass is 9.88. The Morgan fingerprint density at radius 1 is 0.821 bits per heavy atom. The summed E-state index contributed by atoms with van der Waals surface area (Å²) >= 11 is 0. The van der Waals surface area contributed by atoms with E-state index < -0.39 is 17.5 Å². The Labute approximate surface area is 224 Å². The largest absolute Gasteiger partial charge is 0.508 e. The topological polar surface area (TPSA) is 148 Å². The predicted octanol–water partition coefficient (Wildman–Crippen LogP) is 4.14. The van der Waals surface area contributed by atoms with E-state index in [4.69, 9.17) is 23.4 Å². The van der Waals surface area contributed by atoms with Crippen LogP contribution in [0.3, 0.4) is 0 Å². The Hall–Kier alpha value is -4.41. The van der Waals surface area contributed by atoms with Crippen molar-refractivity contribution < 1.29 is 43.8 Å². The number of aromatic hydroxyl groups is 3. The van der Waals surface area contributed by atoms with Crippen molar-refractivity contribution in [2.45, 2.75) is 12.5 Å². The summed E-state index contributed by atoms with van der Waals surface area (Å²) in [6.07, 6.45) is -0.272. The summed E-state index contributed by atoms with van der Waals surface area (Å²) in [6, 6.07) is 11.8. The van der Waals surface area contributed by atoms with Gasteiger partial charge in [-0.3, -0.25) is 4.79 Å². The summed E-state index contributed by atoms with van der Waals surface area (Å²) in [6.45, 7) is -0.234. The maximum Gasteiger partial charge on any atom is 0.197 e. The van der Waals surface area contributed by atoms with Gasteiger partial charge in [-0.05, 0) is 36.2 Å². The summed E-state index contributed by atoms with van der Waals surface area (Å²) in [5.74, 6) is 0.202. The van der Waals surface area contributed by atoms with Crippen LogP contribution in [-0.2, 0) is 11.2 Å². The van der Waals surface area contributed by atoms with Crippen molar-refractivity contribution in [3.8, 4) is 45.8 Å². The lowest BCUT2D eigenvalue weighted by Gasteiger charge is -2.27. The summed E-state index contributed by atoms with van der Waals surface area (Å²) in [7, 11) is 5.95. The van der Waals surface area contributed by atoms with Crippen LogP contribution in [0.1, 0.15) is 17.2 Å². The molecule has 0 aliphatic rings. The number of hydrogen-bond acceptors (Lipinski definition) is 10. The first kappa shape index (κ1) is 27.6. The Morgan fingerprint density at radius 3 is 2.08 bits per heavy atom. The number of phenolic OH excluding ortho intramolecular Hbond substituents is 3. The van der Waals surface area contributed by atoms with Crippen molar-refractivity contribution in [2.24, 2.45) is 5.92 Å². The fraction of sp³-hybridized carbons (Fsp3) is 0.276. The monoisotopic (exact) mass is 538 g/mol. The van der Waals surface area contributed by atoms with Crippen LogP contribution in [0, 0.1) is 5.92 Å². The fourth-order valence-electron chi connectivity index (χ4n) is 4.73. The third-order valence-electron chi connectivity index (χ3n) is 6.60. The number of fused-ring (bicyclic) bond motifs is 1. The third kappa shape index (κ3) is 5.43. The number of hydrogen-bond donors (Lipinski definition) is 4. The van der Waals surface area contributed by atoms with Crippen LogP contribution in [0.2, 0.25) is 0 Å². The summed E-state index contributed by atoms with van der Waals surface area (Å²) < 4.78 is 28.2. The molecular formula is C29H30O10. The van der Waals surface area contributed by atoms with Gasteiger partial charge in [0.05, 0.1) is 27.4 Å². The van der Waals surface area contributed by atoms with Crippen LogP contribution in [0.5, 0.6) is 34.5 Å². The summed E-state index contributed by atoms with van der Waals surface area (Å²) in [5, 5.41) is 40.2. The van der Waals surface area contributed by atoms with E-state index >= 15 is 0 Å². The fourth-order valence-corrected chi connectivity index (χ4v) is 4.73. The van der Waals surface area contributed by atoms with E-state index in [9.17, 15) is 25.2 Å². The van der Waals surface area contributed by atoms with Crippen molar-refractivity contribution in [1.82, 2.24) is 0 Å². The highest BCUT2D eigenvalue weighted by Gasteiger charge is 2.27. The quantitative estimate of drug-likeness (QED) is 0.232. The minimum absolute atomic E-state index is 0.0126. The molecule has 0 spiro atoms. The van der Waals surface area contributed by atoms with Gasteiger partial charge in [0.15, 0.2) is 16.9 Å². The molecule has 0 saturated heterocycles. The van der Waals surface area contributed by atoms with Gasteiger partial charge < -0.3 is 43.8 Å².